The highest BCUT2D eigenvalue weighted by Crippen LogP contribution is 2.23. The van der Waals surface area contributed by atoms with Crippen LogP contribution in [0.15, 0.2) is 40.9 Å². The molecule has 1 unspecified atom stereocenters. The summed E-state index contributed by atoms with van der Waals surface area (Å²) in [6.45, 7) is 2.42. The molecule has 0 heterocycles. The lowest BCUT2D eigenvalue weighted by atomic mass is 10.1. The number of hydrogen-bond donors (Lipinski definition) is 2. The van der Waals surface area contributed by atoms with Crippen molar-refractivity contribution in [3.05, 3.63) is 40.9 Å². The number of fused-ring (bicyclic) bond motifs is 1. The molecule has 3 N–H and O–H groups in total. The predicted molar refractivity (Wildman–Crippen MR) is 83.1 cm³/mol. The lowest BCUT2D eigenvalue weighted by Crippen LogP contribution is -2.22. The van der Waals surface area contributed by atoms with Gasteiger partial charge in [-0.25, -0.2) is 0 Å². The van der Waals surface area contributed by atoms with E-state index in [1.165, 1.54) is 0 Å². The Morgan fingerprint density at radius 2 is 1.95 bits per heavy atom. The van der Waals surface area contributed by atoms with E-state index in [2.05, 4.69) is 27.3 Å². The maximum Gasteiger partial charge on any atom is 0.227 e. The number of amides is 1. The number of halogens is 1. The van der Waals surface area contributed by atoms with E-state index in [1.54, 1.807) is 0 Å². The van der Waals surface area contributed by atoms with Crippen molar-refractivity contribution in [2.75, 3.05) is 11.9 Å². The van der Waals surface area contributed by atoms with Gasteiger partial charge in [-0.3, -0.25) is 4.79 Å². The van der Waals surface area contributed by atoms with E-state index in [4.69, 9.17) is 5.73 Å². The largest absolute Gasteiger partial charge is 0.330 e. The Morgan fingerprint density at radius 1 is 1.26 bits per heavy atom. The number of hydrogen-bond acceptors (Lipinski definition) is 2. The van der Waals surface area contributed by atoms with Gasteiger partial charge in [0.2, 0.25) is 5.91 Å². The van der Waals surface area contributed by atoms with Crippen molar-refractivity contribution in [1.82, 2.24) is 0 Å². The van der Waals surface area contributed by atoms with Gasteiger partial charge in [0.25, 0.3) is 0 Å². The van der Waals surface area contributed by atoms with Crippen LogP contribution in [0.5, 0.6) is 0 Å². The Morgan fingerprint density at radius 3 is 2.68 bits per heavy atom. The van der Waals surface area contributed by atoms with Gasteiger partial charge in [0.15, 0.2) is 0 Å². The molecule has 0 bridgehead atoms. The van der Waals surface area contributed by atoms with Gasteiger partial charge >= 0.3 is 0 Å². The van der Waals surface area contributed by atoms with Crippen molar-refractivity contribution in [2.45, 2.75) is 13.3 Å². The lowest BCUT2D eigenvalue weighted by molar-refractivity contribution is -0.119. The number of anilines is 1. The normalized spacial score (nSPS) is 12.4. The van der Waals surface area contributed by atoms with Crippen LogP contribution in [0.4, 0.5) is 5.69 Å². The van der Waals surface area contributed by atoms with Gasteiger partial charge in [-0.05, 0) is 48.0 Å². The Kier molecular flexibility index (Phi) is 4.56. The second-order valence-corrected chi connectivity index (χ2v) is 5.59. The summed E-state index contributed by atoms with van der Waals surface area (Å²) in [7, 11) is 0. The molecule has 19 heavy (non-hydrogen) atoms. The molecule has 2 aromatic rings. The molecule has 0 saturated heterocycles. The average Bonchev–Trinajstić information content (AvgIpc) is 2.39. The van der Waals surface area contributed by atoms with Crippen LogP contribution in [-0.4, -0.2) is 12.5 Å². The number of carbonyl (C=O) groups is 1. The van der Waals surface area contributed by atoms with Crippen LogP contribution in [0.1, 0.15) is 13.3 Å². The minimum atomic E-state index is -0.0642. The van der Waals surface area contributed by atoms with E-state index in [0.29, 0.717) is 13.0 Å². The standard InChI is InChI=1S/C15H17BrN2O/c1-10(6-7-17)15(19)18-14-5-3-11-8-13(16)4-2-12(11)9-14/h2-5,8-10H,6-7,17H2,1H3,(H,18,19). The smallest absolute Gasteiger partial charge is 0.227 e. The zero-order valence-electron chi connectivity index (χ0n) is 10.8. The van der Waals surface area contributed by atoms with Crippen LogP contribution in [0.2, 0.25) is 0 Å². The van der Waals surface area contributed by atoms with Crippen LogP contribution in [0.25, 0.3) is 10.8 Å². The molecule has 2 rings (SSSR count). The molecule has 0 aliphatic carbocycles. The second-order valence-electron chi connectivity index (χ2n) is 4.67. The molecule has 0 radical (unpaired) electrons. The van der Waals surface area contributed by atoms with Gasteiger partial charge in [0, 0.05) is 16.1 Å². The minimum absolute atomic E-state index is 0.0157. The second kappa shape index (κ2) is 6.17. The molecule has 100 valence electrons. The van der Waals surface area contributed by atoms with Gasteiger partial charge in [-0.2, -0.15) is 0 Å². The third-order valence-electron chi connectivity index (χ3n) is 3.12. The van der Waals surface area contributed by atoms with Crippen LogP contribution in [0, 0.1) is 5.92 Å². The number of rotatable bonds is 4. The van der Waals surface area contributed by atoms with E-state index < -0.39 is 0 Å². The first-order valence-electron chi connectivity index (χ1n) is 6.30. The van der Waals surface area contributed by atoms with Crippen LogP contribution in [0.3, 0.4) is 0 Å². The first-order chi connectivity index (χ1) is 9.10. The highest BCUT2D eigenvalue weighted by Gasteiger charge is 2.11. The lowest BCUT2D eigenvalue weighted by Gasteiger charge is -2.11. The molecule has 0 aliphatic heterocycles. The molecule has 0 spiro atoms. The minimum Gasteiger partial charge on any atom is -0.330 e. The van der Waals surface area contributed by atoms with Crippen LogP contribution in [-0.2, 0) is 4.79 Å². The number of benzene rings is 2. The van der Waals surface area contributed by atoms with Crippen LogP contribution < -0.4 is 11.1 Å². The number of nitrogens with two attached hydrogens (primary N) is 1. The maximum absolute atomic E-state index is 11.9. The zero-order valence-corrected chi connectivity index (χ0v) is 12.4. The summed E-state index contributed by atoms with van der Waals surface area (Å²) in [6, 6.07) is 12.0. The summed E-state index contributed by atoms with van der Waals surface area (Å²) in [5.41, 5.74) is 6.29. The fourth-order valence-electron chi connectivity index (χ4n) is 1.94. The van der Waals surface area contributed by atoms with Crippen molar-refractivity contribution < 1.29 is 4.79 Å². The molecule has 0 aromatic heterocycles. The van der Waals surface area contributed by atoms with Crippen molar-refractivity contribution in [2.24, 2.45) is 11.7 Å². The average molecular weight is 321 g/mol. The van der Waals surface area contributed by atoms with Gasteiger partial charge in [0.05, 0.1) is 0 Å². The zero-order chi connectivity index (χ0) is 13.8. The van der Waals surface area contributed by atoms with Crippen molar-refractivity contribution in [3.8, 4) is 0 Å². The summed E-state index contributed by atoms with van der Waals surface area (Å²) in [5.74, 6) is -0.0486. The Bertz CT molecular complexity index is 598. The first-order valence-corrected chi connectivity index (χ1v) is 7.09. The van der Waals surface area contributed by atoms with Crippen LogP contribution >= 0.6 is 15.9 Å². The third kappa shape index (κ3) is 3.55. The third-order valence-corrected chi connectivity index (χ3v) is 3.61. The van der Waals surface area contributed by atoms with Gasteiger partial charge < -0.3 is 11.1 Å². The highest BCUT2D eigenvalue weighted by atomic mass is 79.9. The van der Waals surface area contributed by atoms with E-state index in [0.717, 1.165) is 20.9 Å². The summed E-state index contributed by atoms with van der Waals surface area (Å²) < 4.78 is 1.05. The van der Waals surface area contributed by atoms with Crippen molar-refractivity contribution in [3.63, 3.8) is 0 Å². The SMILES string of the molecule is CC(CCN)C(=O)Nc1ccc2cc(Br)ccc2c1. The highest BCUT2D eigenvalue weighted by molar-refractivity contribution is 9.10. The van der Waals surface area contributed by atoms with E-state index in [-0.39, 0.29) is 11.8 Å². The number of carbonyl (C=O) groups excluding carboxylic acids is 1. The fourth-order valence-corrected chi connectivity index (χ4v) is 2.32. The van der Waals surface area contributed by atoms with Gasteiger partial charge in [-0.1, -0.05) is 35.0 Å². The van der Waals surface area contributed by atoms with Gasteiger partial charge in [0.1, 0.15) is 0 Å². The van der Waals surface area contributed by atoms with Crippen molar-refractivity contribution in [1.29, 1.82) is 0 Å². The Hall–Kier alpha value is -1.39. The van der Waals surface area contributed by atoms with E-state index >= 15 is 0 Å². The molecular formula is C15H17BrN2O. The molecule has 4 heteroatoms. The quantitative estimate of drug-likeness (QED) is 0.905. The molecule has 0 saturated carbocycles. The van der Waals surface area contributed by atoms with E-state index in [9.17, 15) is 4.79 Å². The van der Waals surface area contributed by atoms with Gasteiger partial charge in [-0.15, -0.1) is 0 Å². The molecular weight excluding hydrogens is 304 g/mol. The summed E-state index contributed by atoms with van der Waals surface area (Å²) in [6.07, 6.45) is 0.701. The first kappa shape index (κ1) is 14.0. The summed E-state index contributed by atoms with van der Waals surface area (Å²) in [5, 5.41) is 5.17. The maximum atomic E-state index is 11.9. The molecule has 3 nitrogen and oxygen atoms in total. The molecule has 0 fully saturated rings. The molecule has 1 amide bonds. The summed E-state index contributed by atoms with van der Waals surface area (Å²) in [4.78, 5) is 11.9. The Balaban J connectivity index is 2.17. The summed E-state index contributed by atoms with van der Waals surface area (Å²) >= 11 is 3.45. The molecule has 0 aliphatic rings. The van der Waals surface area contributed by atoms with E-state index in [1.807, 2.05) is 37.3 Å². The number of nitrogens with one attached hydrogen (secondary N) is 1. The predicted octanol–water partition coefficient (Wildman–Crippen LogP) is 3.53. The van der Waals surface area contributed by atoms with Crippen molar-refractivity contribution >= 4 is 38.3 Å². The monoisotopic (exact) mass is 320 g/mol. The topological polar surface area (TPSA) is 55.1 Å². The fraction of sp³-hybridized carbons (Fsp3) is 0.267. The molecule has 2 aromatic carbocycles. The molecule has 1 atom stereocenters. The Labute approximate surface area is 121 Å².